The molecule has 1 aromatic rings. The summed E-state index contributed by atoms with van der Waals surface area (Å²) < 4.78 is 0. The van der Waals surface area contributed by atoms with Gasteiger partial charge in [0.2, 0.25) is 0 Å². The van der Waals surface area contributed by atoms with Crippen LogP contribution in [0.1, 0.15) is 52.7 Å². The lowest BCUT2D eigenvalue weighted by Gasteiger charge is -2.09. The standard InChI is InChI=1S/C15H23NO2S/c1-3-4-12-8-14(19-10(12)2)15(18)16-9-11-5-6-13(17)7-11/h8,11,13,17H,3-7,9H2,1-2H3,(H,16,18). The SMILES string of the molecule is CCCc1cc(C(=O)NCC2CCC(O)C2)sc1C. The highest BCUT2D eigenvalue weighted by Gasteiger charge is 2.23. The molecule has 1 saturated carbocycles. The van der Waals surface area contributed by atoms with Gasteiger partial charge in [-0.25, -0.2) is 0 Å². The molecule has 1 aromatic heterocycles. The van der Waals surface area contributed by atoms with Crippen LogP contribution in [0.25, 0.3) is 0 Å². The van der Waals surface area contributed by atoms with Crippen molar-refractivity contribution in [3.8, 4) is 0 Å². The Bertz CT molecular complexity index is 441. The Morgan fingerprint density at radius 3 is 2.95 bits per heavy atom. The molecule has 0 aromatic carbocycles. The van der Waals surface area contributed by atoms with E-state index in [1.165, 1.54) is 10.4 Å². The zero-order valence-corrected chi connectivity index (χ0v) is 12.6. The lowest BCUT2D eigenvalue weighted by atomic mass is 10.1. The molecule has 2 N–H and O–H groups in total. The van der Waals surface area contributed by atoms with Crippen molar-refractivity contribution in [2.45, 2.75) is 52.1 Å². The zero-order valence-electron chi connectivity index (χ0n) is 11.7. The van der Waals surface area contributed by atoms with Gasteiger partial charge >= 0.3 is 0 Å². The van der Waals surface area contributed by atoms with Gasteiger partial charge in [-0.2, -0.15) is 0 Å². The van der Waals surface area contributed by atoms with Crippen LogP contribution in [0.2, 0.25) is 0 Å². The molecule has 4 heteroatoms. The fourth-order valence-electron chi connectivity index (χ4n) is 2.71. The largest absolute Gasteiger partial charge is 0.393 e. The summed E-state index contributed by atoms with van der Waals surface area (Å²) in [5.74, 6) is 0.479. The number of rotatable bonds is 5. The molecule has 0 spiro atoms. The van der Waals surface area contributed by atoms with E-state index in [0.29, 0.717) is 12.5 Å². The highest BCUT2D eigenvalue weighted by molar-refractivity contribution is 7.14. The van der Waals surface area contributed by atoms with Gasteiger partial charge in [-0.3, -0.25) is 4.79 Å². The average molecular weight is 281 g/mol. The fourth-order valence-corrected chi connectivity index (χ4v) is 3.70. The van der Waals surface area contributed by atoms with Crippen LogP contribution in [-0.4, -0.2) is 23.7 Å². The highest BCUT2D eigenvalue weighted by Crippen LogP contribution is 2.25. The molecule has 1 aliphatic carbocycles. The molecule has 0 radical (unpaired) electrons. The Balaban J connectivity index is 1.87. The van der Waals surface area contributed by atoms with Crippen molar-refractivity contribution >= 4 is 17.2 Å². The minimum Gasteiger partial charge on any atom is -0.393 e. The molecule has 1 heterocycles. The third-order valence-corrected chi connectivity index (χ3v) is 4.92. The lowest BCUT2D eigenvalue weighted by Crippen LogP contribution is -2.28. The fraction of sp³-hybridized carbons (Fsp3) is 0.667. The topological polar surface area (TPSA) is 49.3 Å². The van der Waals surface area contributed by atoms with Gasteiger partial charge in [0.1, 0.15) is 0 Å². The Hall–Kier alpha value is -0.870. The first kappa shape index (κ1) is 14.5. The maximum Gasteiger partial charge on any atom is 0.261 e. The second kappa shape index (κ2) is 6.53. The highest BCUT2D eigenvalue weighted by atomic mass is 32.1. The predicted molar refractivity (Wildman–Crippen MR) is 78.7 cm³/mol. The molecular formula is C15H23NO2S. The van der Waals surface area contributed by atoms with Crippen molar-refractivity contribution in [1.82, 2.24) is 5.32 Å². The average Bonchev–Trinajstić information content (AvgIpc) is 2.94. The van der Waals surface area contributed by atoms with Crippen LogP contribution in [0.3, 0.4) is 0 Å². The first-order valence-corrected chi connectivity index (χ1v) is 7.97. The Morgan fingerprint density at radius 2 is 2.32 bits per heavy atom. The smallest absolute Gasteiger partial charge is 0.261 e. The number of hydrogen-bond donors (Lipinski definition) is 2. The molecule has 0 aliphatic heterocycles. The number of aryl methyl sites for hydroxylation is 2. The van der Waals surface area contributed by atoms with E-state index >= 15 is 0 Å². The molecule has 2 rings (SSSR count). The molecule has 0 bridgehead atoms. The van der Waals surface area contributed by atoms with Crippen LogP contribution in [0, 0.1) is 12.8 Å². The Kier molecular flexibility index (Phi) is 4.99. The summed E-state index contributed by atoms with van der Waals surface area (Å²) in [7, 11) is 0. The van der Waals surface area contributed by atoms with E-state index in [1.807, 2.05) is 6.07 Å². The van der Waals surface area contributed by atoms with Gasteiger partial charge in [-0.15, -0.1) is 11.3 Å². The van der Waals surface area contributed by atoms with Crippen molar-refractivity contribution in [1.29, 1.82) is 0 Å². The van der Waals surface area contributed by atoms with Crippen LogP contribution in [-0.2, 0) is 6.42 Å². The molecule has 3 nitrogen and oxygen atoms in total. The monoisotopic (exact) mass is 281 g/mol. The summed E-state index contributed by atoms with van der Waals surface area (Å²) in [6.07, 6.45) is 4.71. The van der Waals surface area contributed by atoms with E-state index in [2.05, 4.69) is 19.2 Å². The number of hydrogen-bond acceptors (Lipinski definition) is 3. The quantitative estimate of drug-likeness (QED) is 0.872. The van der Waals surface area contributed by atoms with Crippen molar-refractivity contribution < 1.29 is 9.90 Å². The van der Waals surface area contributed by atoms with Crippen molar-refractivity contribution in [2.75, 3.05) is 6.54 Å². The van der Waals surface area contributed by atoms with E-state index in [0.717, 1.165) is 37.0 Å². The second-order valence-corrected chi connectivity index (χ2v) is 6.74. The van der Waals surface area contributed by atoms with Gasteiger partial charge in [0, 0.05) is 11.4 Å². The van der Waals surface area contributed by atoms with Crippen LogP contribution in [0.5, 0.6) is 0 Å². The molecule has 106 valence electrons. The first-order chi connectivity index (χ1) is 9.10. The van der Waals surface area contributed by atoms with E-state index < -0.39 is 0 Å². The molecule has 19 heavy (non-hydrogen) atoms. The number of carbonyl (C=O) groups excluding carboxylic acids is 1. The van der Waals surface area contributed by atoms with Gasteiger partial charge < -0.3 is 10.4 Å². The number of thiophene rings is 1. The van der Waals surface area contributed by atoms with Crippen LogP contribution in [0.4, 0.5) is 0 Å². The van der Waals surface area contributed by atoms with E-state index in [9.17, 15) is 9.90 Å². The van der Waals surface area contributed by atoms with Crippen molar-refractivity contribution in [3.05, 3.63) is 21.4 Å². The summed E-state index contributed by atoms with van der Waals surface area (Å²) in [5, 5.41) is 12.5. The van der Waals surface area contributed by atoms with E-state index in [4.69, 9.17) is 0 Å². The third-order valence-electron chi connectivity index (χ3n) is 3.83. The summed E-state index contributed by atoms with van der Waals surface area (Å²) in [6, 6.07) is 2.03. The third kappa shape index (κ3) is 3.80. The van der Waals surface area contributed by atoms with E-state index in [1.54, 1.807) is 11.3 Å². The summed E-state index contributed by atoms with van der Waals surface area (Å²) >= 11 is 1.58. The van der Waals surface area contributed by atoms with Gasteiger partial charge in [0.15, 0.2) is 0 Å². The summed E-state index contributed by atoms with van der Waals surface area (Å²) in [5.41, 5.74) is 1.30. The number of aliphatic hydroxyl groups is 1. The maximum atomic E-state index is 12.1. The second-order valence-electron chi connectivity index (χ2n) is 5.49. The minimum absolute atomic E-state index is 0.0387. The van der Waals surface area contributed by atoms with E-state index in [-0.39, 0.29) is 12.0 Å². The number of aliphatic hydroxyl groups excluding tert-OH is 1. The molecule has 0 saturated heterocycles. The number of nitrogens with one attached hydrogen (secondary N) is 1. The van der Waals surface area contributed by atoms with Gasteiger partial charge in [-0.1, -0.05) is 13.3 Å². The number of amides is 1. The minimum atomic E-state index is -0.165. The maximum absolute atomic E-state index is 12.1. The first-order valence-electron chi connectivity index (χ1n) is 7.15. The molecule has 1 amide bonds. The lowest BCUT2D eigenvalue weighted by molar-refractivity contribution is 0.0949. The van der Waals surface area contributed by atoms with Gasteiger partial charge in [0.05, 0.1) is 11.0 Å². The normalized spacial score (nSPS) is 22.7. The van der Waals surface area contributed by atoms with Crippen LogP contribution in [0.15, 0.2) is 6.07 Å². The molecule has 2 unspecified atom stereocenters. The molecule has 1 fully saturated rings. The molecular weight excluding hydrogens is 258 g/mol. The Morgan fingerprint density at radius 1 is 1.53 bits per heavy atom. The predicted octanol–water partition coefficient (Wildman–Crippen LogP) is 2.90. The summed E-state index contributed by atoms with van der Waals surface area (Å²) in [6.45, 7) is 4.93. The van der Waals surface area contributed by atoms with Crippen molar-refractivity contribution in [2.24, 2.45) is 5.92 Å². The Labute approximate surface area is 119 Å². The molecule has 2 atom stereocenters. The van der Waals surface area contributed by atoms with Crippen LogP contribution < -0.4 is 5.32 Å². The van der Waals surface area contributed by atoms with Crippen molar-refractivity contribution in [3.63, 3.8) is 0 Å². The molecule has 1 aliphatic rings. The summed E-state index contributed by atoms with van der Waals surface area (Å²) in [4.78, 5) is 14.2. The van der Waals surface area contributed by atoms with Crippen LogP contribution >= 0.6 is 11.3 Å². The zero-order chi connectivity index (χ0) is 13.8. The van der Waals surface area contributed by atoms with Gasteiger partial charge in [-0.05, 0) is 50.2 Å². The van der Waals surface area contributed by atoms with Gasteiger partial charge in [0.25, 0.3) is 5.91 Å². The number of carbonyl (C=O) groups is 1.